The normalized spacial score (nSPS) is 12.8. The number of benzene rings is 1. The first-order valence-electron chi connectivity index (χ1n) is 9.45. The van der Waals surface area contributed by atoms with Gasteiger partial charge in [0, 0.05) is 16.8 Å². The molecule has 0 saturated carbocycles. The molecule has 28 heavy (non-hydrogen) atoms. The van der Waals surface area contributed by atoms with Crippen LogP contribution in [-0.2, 0) is 0 Å². The Morgan fingerprint density at radius 1 is 1.18 bits per heavy atom. The van der Waals surface area contributed by atoms with Crippen LogP contribution in [0, 0.1) is 12.8 Å². The van der Waals surface area contributed by atoms with E-state index in [1.807, 2.05) is 43.5 Å². The van der Waals surface area contributed by atoms with Crippen LogP contribution >= 0.6 is 11.6 Å². The molecule has 0 unspecified atom stereocenters. The summed E-state index contributed by atoms with van der Waals surface area (Å²) in [6.07, 6.45) is 1.77. The van der Waals surface area contributed by atoms with Crippen molar-refractivity contribution in [2.75, 3.05) is 17.2 Å². The first kappa shape index (κ1) is 20.4. The molecule has 0 saturated heterocycles. The van der Waals surface area contributed by atoms with Gasteiger partial charge in [0.15, 0.2) is 17.0 Å². The quantitative estimate of drug-likeness (QED) is 0.537. The molecule has 150 valence electrons. The highest BCUT2D eigenvalue weighted by atomic mass is 35.5. The van der Waals surface area contributed by atoms with Crippen LogP contribution in [0.2, 0.25) is 5.02 Å². The zero-order chi connectivity index (χ0) is 20.4. The van der Waals surface area contributed by atoms with Crippen molar-refractivity contribution in [3.05, 3.63) is 35.1 Å². The Balaban J connectivity index is 2.07. The Bertz CT molecular complexity index is 969. The van der Waals surface area contributed by atoms with Crippen LogP contribution in [0.4, 0.5) is 17.5 Å². The van der Waals surface area contributed by atoms with Crippen molar-refractivity contribution in [1.29, 1.82) is 0 Å². The second kappa shape index (κ2) is 8.32. The number of aliphatic hydroxyl groups excluding tert-OH is 1. The number of aryl methyl sites for hydroxylation is 1. The number of hydrogen-bond acceptors (Lipinski definition) is 6. The third-order valence-electron chi connectivity index (χ3n) is 4.73. The smallest absolute Gasteiger partial charge is 0.227 e. The lowest BCUT2D eigenvalue weighted by molar-refractivity contribution is 0.248. The minimum Gasteiger partial charge on any atom is -0.394 e. The number of imidazole rings is 1. The van der Waals surface area contributed by atoms with Crippen LogP contribution in [-0.4, -0.2) is 37.3 Å². The van der Waals surface area contributed by atoms with Gasteiger partial charge in [-0.25, -0.2) is 4.98 Å². The first-order valence-corrected chi connectivity index (χ1v) is 9.83. The average Bonchev–Trinajstić information content (AvgIpc) is 3.07. The third kappa shape index (κ3) is 4.20. The van der Waals surface area contributed by atoms with Crippen molar-refractivity contribution in [3.63, 3.8) is 0 Å². The predicted octanol–water partition coefficient (Wildman–Crippen LogP) is 4.54. The fraction of sp³-hybridized carbons (Fsp3) is 0.450. The molecule has 2 heterocycles. The topological polar surface area (TPSA) is 87.9 Å². The summed E-state index contributed by atoms with van der Waals surface area (Å²) in [6, 6.07) is 5.83. The molecule has 0 aliphatic heterocycles. The largest absolute Gasteiger partial charge is 0.394 e. The highest BCUT2D eigenvalue weighted by molar-refractivity contribution is 6.31. The van der Waals surface area contributed by atoms with Gasteiger partial charge in [0.25, 0.3) is 0 Å². The molecule has 3 aromatic rings. The van der Waals surface area contributed by atoms with Gasteiger partial charge in [-0.3, -0.25) is 0 Å². The van der Waals surface area contributed by atoms with E-state index in [-0.39, 0.29) is 24.6 Å². The number of aromatic nitrogens is 4. The van der Waals surface area contributed by atoms with Gasteiger partial charge >= 0.3 is 0 Å². The molecule has 0 bridgehead atoms. The third-order valence-corrected chi connectivity index (χ3v) is 5.14. The van der Waals surface area contributed by atoms with Crippen LogP contribution in [0.5, 0.6) is 0 Å². The summed E-state index contributed by atoms with van der Waals surface area (Å²) >= 11 is 6.27. The van der Waals surface area contributed by atoms with Crippen molar-refractivity contribution in [1.82, 2.24) is 19.5 Å². The average molecular weight is 403 g/mol. The highest BCUT2D eigenvalue weighted by Crippen LogP contribution is 2.28. The van der Waals surface area contributed by atoms with E-state index in [0.29, 0.717) is 22.3 Å². The van der Waals surface area contributed by atoms with Gasteiger partial charge in [0.2, 0.25) is 5.95 Å². The van der Waals surface area contributed by atoms with Crippen molar-refractivity contribution >= 4 is 40.2 Å². The van der Waals surface area contributed by atoms with E-state index in [1.54, 1.807) is 6.33 Å². The fourth-order valence-electron chi connectivity index (χ4n) is 2.84. The van der Waals surface area contributed by atoms with Crippen LogP contribution in [0.25, 0.3) is 11.2 Å². The lowest BCUT2D eigenvalue weighted by atomic mass is 10.1. The molecular formula is C20H27ClN6O. The van der Waals surface area contributed by atoms with Gasteiger partial charge in [0.05, 0.1) is 19.0 Å². The molecule has 0 spiro atoms. The molecular weight excluding hydrogens is 376 g/mol. The summed E-state index contributed by atoms with van der Waals surface area (Å²) in [7, 11) is 0. The number of anilines is 3. The Labute approximate surface area is 170 Å². The van der Waals surface area contributed by atoms with Gasteiger partial charge in [-0.15, -0.1) is 0 Å². The van der Waals surface area contributed by atoms with E-state index >= 15 is 0 Å². The molecule has 3 N–H and O–H groups in total. The second-order valence-electron chi connectivity index (χ2n) is 7.58. The van der Waals surface area contributed by atoms with Crippen LogP contribution in [0.15, 0.2) is 24.5 Å². The lowest BCUT2D eigenvalue weighted by Gasteiger charge is -2.20. The second-order valence-corrected chi connectivity index (χ2v) is 7.99. The van der Waals surface area contributed by atoms with Crippen molar-refractivity contribution in [2.45, 2.75) is 46.7 Å². The summed E-state index contributed by atoms with van der Waals surface area (Å²) in [5.74, 6) is 1.27. The molecule has 0 aliphatic rings. The molecule has 0 amide bonds. The molecule has 3 rings (SSSR count). The van der Waals surface area contributed by atoms with Gasteiger partial charge in [-0.2, -0.15) is 9.97 Å². The minimum absolute atomic E-state index is 0.00115. The summed E-state index contributed by atoms with van der Waals surface area (Å²) in [4.78, 5) is 13.8. The maximum atomic E-state index is 9.67. The Morgan fingerprint density at radius 3 is 2.54 bits per heavy atom. The van der Waals surface area contributed by atoms with Crippen molar-refractivity contribution < 1.29 is 5.11 Å². The number of nitrogens with zero attached hydrogens (tertiary/aromatic N) is 4. The van der Waals surface area contributed by atoms with Crippen LogP contribution in [0.1, 0.15) is 39.3 Å². The van der Waals surface area contributed by atoms with Crippen LogP contribution < -0.4 is 10.6 Å². The SMILES string of the molecule is Cc1ccc(Nc2nc(N[C@@H](CO)C(C)C)nc3c2ncn3C(C)C)cc1Cl. The number of halogens is 1. The molecule has 0 fully saturated rings. The summed E-state index contributed by atoms with van der Waals surface area (Å²) in [5, 5.41) is 16.9. The molecule has 2 aromatic heterocycles. The standard InChI is InChI=1S/C20H27ClN6O/c1-11(2)16(9-28)24-20-25-18(23-14-7-6-13(5)15(21)8-14)17-19(26-20)27(10-22-17)12(3)4/h6-8,10-12,16,28H,9H2,1-5H3,(H2,23,24,25,26)/t16-/m0/s1. The molecule has 7 nitrogen and oxygen atoms in total. The van der Waals surface area contributed by atoms with Crippen molar-refractivity contribution in [3.8, 4) is 0 Å². The summed E-state index contributed by atoms with van der Waals surface area (Å²) in [6.45, 7) is 10.2. The molecule has 0 aliphatic carbocycles. The van der Waals surface area contributed by atoms with Crippen molar-refractivity contribution in [2.24, 2.45) is 5.92 Å². The Kier molecular flexibility index (Phi) is 6.05. The number of rotatable bonds is 7. The zero-order valence-corrected chi connectivity index (χ0v) is 17.6. The number of aliphatic hydroxyl groups is 1. The maximum absolute atomic E-state index is 9.67. The number of hydrogen-bond donors (Lipinski definition) is 3. The van der Waals surface area contributed by atoms with E-state index in [9.17, 15) is 5.11 Å². The summed E-state index contributed by atoms with van der Waals surface area (Å²) in [5.41, 5.74) is 3.24. The molecule has 1 aromatic carbocycles. The van der Waals surface area contributed by atoms with Gasteiger partial charge in [0.1, 0.15) is 0 Å². The van der Waals surface area contributed by atoms with E-state index in [4.69, 9.17) is 11.6 Å². The van der Waals surface area contributed by atoms with E-state index in [1.165, 1.54) is 0 Å². The van der Waals surface area contributed by atoms with E-state index in [2.05, 4.69) is 39.4 Å². The molecule has 8 heteroatoms. The lowest BCUT2D eigenvalue weighted by Crippen LogP contribution is -2.30. The molecule has 1 atom stereocenters. The summed E-state index contributed by atoms with van der Waals surface area (Å²) < 4.78 is 2.00. The fourth-order valence-corrected chi connectivity index (χ4v) is 3.02. The van der Waals surface area contributed by atoms with E-state index in [0.717, 1.165) is 16.9 Å². The minimum atomic E-state index is -0.144. The van der Waals surface area contributed by atoms with Gasteiger partial charge in [-0.1, -0.05) is 31.5 Å². The highest BCUT2D eigenvalue weighted by Gasteiger charge is 2.18. The first-order chi connectivity index (χ1) is 13.3. The van der Waals surface area contributed by atoms with Gasteiger partial charge in [-0.05, 0) is 44.4 Å². The number of fused-ring (bicyclic) bond motifs is 1. The molecule has 0 radical (unpaired) electrons. The Hall–Kier alpha value is -2.38. The Morgan fingerprint density at radius 2 is 1.93 bits per heavy atom. The number of nitrogens with one attached hydrogen (secondary N) is 2. The predicted molar refractivity (Wildman–Crippen MR) is 115 cm³/mol. The zero-order valence-electron chi connectivity index (χ0n) is 16.9. The van der Waals surface area contributed by atoms with Gasteiger partial charge < -0.3 is 20.3 Å². The maximum Gasteiger partial charge on any atom is 0.227 e. The monoisotopic (exact) mass is 402 g/mol. The van der Waals surface area contributed by atoms with Crippen LogP contribution in [0.3, 0.4) is 0 Å². The van der Waals surface area contributed by atoms with E-state index < -0.39 is 0 Å².